The minimum Gasteiger partial charge on any atom is -0.478 e. The monoisotopic (exact) mass is 244 g/mol. The SMILES string of the molecule is COC(=O)CC1(CSC/C=C/C(=O)O)CC1. The highest BCUT2D eigenvalue weighted by Crippen LogP contribution is 2.51. The Balaban J connectivity index is 2.17. The number of thioether (sulfide) groups is 1. The lowest BCUT2D eigenvalue weighted by atomic mass is 10.1. The summed E-state index contributed by atoms with van der Waals surface area (Å²) in [6.07, 6.45) is 5.39. The van der Waals surface area contributed by atoms with Gasteiger partial charge in [-0.05, 0) is 24.0 Å². The summed E-state index contributed by atoms with van der Waals surface area (Å²) in [5.74, 6) is 0.497. The van der Waals surface area contributed by atoms with Gasteiger partial charge in [0.15, 0.2) is 0 Å². The van der Waals surface area contributed by atoms with Crippen LogP contribution in [0.2, 0.25) is 0 Å². The average molecular weight is 244 g/mol. The van der Waals surface area contributed by atoms with E-state index in [4.69, 9.17) is 5.11 Å². The fraction of sp³-hybridized carbons (Fsp3) is 0.636. The molecule has 0 aromatic carbocycles. The minimum absolute atomic E-state index is 0.120. The molecular weight excluding hydrogens is 228 g/mol. The van der Waals surface area contributed by atoms with Crippen molar-refractivity contribution in [3.8, 4) is 0 Å². The van der Waals surface area contributed by atoms with Crippen molar-refractivity contribution in [3.63, 3.8) is 0 Å². The molecule has 1 rings (SSSR count). The molecule has 0 aromatic heterocycles. The largest absolute Gasteiger partial charge is 0.478 e. The van der Waals surface area contributed by atoms with Crippen molar-refractivity contribution in [1.82, 2.24) is 0 Å². The fourth-order valence-corrected chi connectivity index (χ4v) is 2.59. The second-order valence-corrected chi connectivity index (χ2v) is 5.04. The number of esters is 1. The van der Waals surface area contributed by atoms with E-state index in [0.29, 0.717) is 12.2 Å². The third kappa shape index (κ3) is 4.70. The Labute approximate surface area is 99.0 Å². The maximum atomic E-state index is 11.1. The average Bonchev–Trinajstić information content (AvgIpc) is 2.97. The minimum atomic E-state index is -0.920. The lowest BCUT2D eigenvalue weighted by Gasteiger charge is -2.11. The summed E-state index contributed by atoms with van der Waals surface area (Å²) in [5.41, 5.74) is 0.120. The molecule has 0 heterocycles. The summed E-state index contributed by atoms with van der Waals surface area (Å²) in [6, 6.07) is 0. The number of carbonyl (C=O) groups excluding carboxylic acids is 1. The Morgan fingerprint density at radius 2 is 2.19 bits per heavy atom. The molecule has 16 heavy (non-hydrogen) atoms. The first-order valence-electron chi connectivity index (χ1n) is 5.12. The van der Waals surface area contributed by atoms with Gasteiger partial charge in [0.25, 0.3) is 0 Å². The Hall–Kier alpha value is -0.970. The van der Waals surface area contributed by atoms with Crippen molar-refractivity contribution in [3.05, 3.63) is 12.2 Å². The van der Waals surface area contributed by atoms with Crippen molar-refractivity contribution in [2.45, 2.75) is 19.3 Å². The molecular formula is C11H16O4S. The van der Waals surface area contributed by atoms with E-state index < -0.39 is 5.97 Å². The zero-order valence-corrected chi connectivity index (χ0v) is 10.1. The van der Waals surface area contributed by atoms with Gasteiger partial charge < -0.3 is 9.84 Å². The quantitative estimate of drug-likeness (QED) is 0.419. The number of rotatable bonds is 7. The molecule has 0 atom stereocenters. The number of methoxy groups -OCH3 is 1. The molecule has 1 aliphatic carbocycles. The first kappa shape index (κ1) is 13.1. The number of carboxylic acids is 1. The molecule has 1 saturated carbocycles. The molecule has 1 N–H and O–H groups in total. The van der Waals surface area contributed by atoms with Gasteiger partial charge in [-0.1, -0.05) is 6.08 Å². The van der Waals surface area contributed by atoms with Crippen molar-refractivity contribution >= 4 is 23.7 Å². The summed E-state index contributed by atoms with van der Waals surface area (Å²) < 4.78 is 4.65. The van der Waals surface area contributed by atoms with E-state index in [1.54, 1.807) is 17.8 Å². The molecule has 0 aromatic rings. The van der Waals surface area contributed by atoms with Gasteiger partial charge in [-0.2, -0.15) is 11.8 Å². The van der Waals surface area contributed by atoms with Gasteiger partial charge in [0, 0.05) is 11.8 Å². The second kappa shape index (κ2) is 5.94. The first-order chi connectivity index (χ1) is 7.58. The van der Waals surface area contributed by atoms with Gasteiger partial charge in [-0.15, -0.1) is 0 Å². The Morgan fingerprint density at radius 3 is 2.69 bits per heavy atom. The summed E-state index contributed by atoms with van der Waals surface area (Å²) >= 11 is 1.66. The Bertz CT molecular complexity index is 294. The van der Waals surface area contributed by atoms with E-state index in [1.807, 2.05) is 0 Å². The van der Waals surface area contributed by atoms with Crippen molar-refractivity contribution in [2.24, 2.45) is 5.41 Å². The Kier molecular flexibility index (Phi) is 4.86. The van der Waals surface area contributed by atoms with E-state index in [2.05, 4.69) is 4.74 Å². The van der Waals surface area contributed by atoms with Gasteiger partial charge in [-0.3, -0.25) is 4.79 Å². The molecule has 4 nitrogen and oxygen atoms in total. The molecule has 90 valence electrons. The third-order valence-electron chi connectivity index (χ3n) is 2.59. The van der Waals surface area contributed by atoms with Crippen LogP contribution in [0.15, 0.2) is 12.2 Å². The standard InChI is InChI=1S/C11H16O4S/c1-15-10(14)7-11(4-5-11)8-16-6-2-3-9(12)13/h2-3H,4-8H2,1H3,(H,12,13)/b3-2+. The highest BCUT2D eigenvalue weighted by Gasteiger charge is 2.44. The van der Waals surface area contributed by atoms with Crippen molar-refractivity contribution in [2.75, 3.05) is 18.6 Å². The second-order valence-electron chi connectivity index (χ2n) is 4.01. The van der Waals surface area contributed by atoms with Crippen LogP contribution in [0.5, 0.6) is 0 Å². The van der Waals surface area contributed by atoms with E-state index >= 15 is 0 Å². The predicted molar refractivity (Wildman–Crippen MR) is 62.4 cm³/mol. The van der Waals surface area contributed by atoms with E-state index in [0.717, 1.165) is 24.7 Å². The van der Waals surface area contributed by atoms with Crippen LogP contribution < -0.4 is 0 Å². The van der Waals surface area contributed by atoms with Gasteiger partial charge in [0.1, 0.15) is 0 Å². The van der Waals surface area contributed by atoms with E-state index in [-0.39, 0.29) is 11.4 Å². The number of ether oxygens (including phenoxy) is 1. The van der Waals surface area contributed by atoms with Gasteiger partial charge >= 0.3 is 11.9 Å². The lowest BCUT2D eigenvalue weighted by Crippen LogP contribution is -2.13. The highest BCUT2D eigenvalue weighted by atomic mass is 32.2. The Morgan fingerprint density at radius 1 is 1.50 bits per heavy atom. The van der Waals surface area contributed by atoms with Crippen LogP contribution in [0.1, 0.15) is 19.3 Å². The molecule has 0 aliphatic heterocycles. The fourth-order valence-electron chi connectivity index (χ4n) is 1.42. The summed E-state index contributed by atoms with van der Waals surface area (Å²) in [6.45, 7) is 0. The zero-order valence-electron chi connectivity index (χ0n) is 9.27. The topological polar surface area (TPSA) is 63.6 Å². The van der Waals surface area contributed by atoms with Crippen LogP contribution in [-0.2, 0) is 14.3 Å². The van der Waals surface area contributed by atoms with Gasteiger partial charge in [-0.25, -0.2) is 4.79 Å². The maximum absolute atomic E-state index is 11.1. The van der Waals surface area contributed by atoms with Gasteiger partial charge in [0.05, 0.1) is 13.5 Å². The smallest absolute Gasteiger partial charge is 0.328 e. The van der Waals surface area contributed by atoms with Crippen molar-refractivity contribution in [1.29, 1.82) is 0 Å². The maximum Gasteiger partial charge on any atom is 0.328 e. The molecule has 5 heteroatoms. The number of aliphatic carboxylic acids is 1. The normalized spacial score (nSPS) is 17.3. The highest BCUT2D eigenvalue weighted by molar-refractivity contribution is 7.99. The number of hydrogen-bond donors (Lipinski definition) is 1. The predicted octanol–water partition coefficient (Wildman–Crippen LogP) is 1.70. The summed E-state index contributed by atoms with van der Waals surface area (Å²) in [7, 11) is 1.40. The first-order valence-corrected chi connectivity index (χ1v) is 6.27. The van der Waals surface area contributed by atoms with Crippen LogP contribution in [-0.4, -0.2) is 35.7 Å². The van der Waals surface area contributed by atoms with E-state index in [9.17, 15) is 9.59 Å². The molecule has 0 amide bonds. The molecule has 1 fully saturated rings. The molecule has 0 bridgehead atoms. The zero-order chi connectivity index (χ0) is 12.0. The van der Waals surface area contributed by atoms with Gasteiger partial charge in [0.2, 0.25) is 0 Å². The van der Waals surface area contributed by atoms with E-state index in [1.165, 1.54) is 7.11 Å². The number of carboxylic acid groups (broad SMARTS) is 1. The van der Waals surface area contributed by atoms with Crippen LogP contribution in [0.25, 0.3) is 0 Å². The molecule has 0 radical (unpaired) electrons. The van der Waals surface area contributed by atoms with Crippen LogP contribution in [0, 0.1) is 5.41 Å². The third-order valence-corrected chi connectivity index (χ3v) is 3.83. The van der Waals surface area contributed by atoms with Crippen LogP contribution >= 0.6 is 11.8 Å². The molecule has 0 spiro atoms. The number of carbonyl (C=O) groups is 2. The summed E-state index contributed by atoms with van der Waals surface area (Å²) in [4.78, 5) is 21.3. The molecule has 0 unspecified atom stereocenters. The summed E-state index contributed by atoms with van der Waals surface area (Å²) in [5, 5.41) is 8.38. The van der Waals surface area contributed by atoms with Crippen LogP contribution in [0.4, 0.5) is 0 Å². The van der Waals surface area contributed by atoms with Crippen molar-refractivity contribution < 1.29 is 19.4 Å². The molecule has 1 aliphatic rings. The lowest BCUT2D eigenvalue weighted by molar-refractivity contribution is -0.141. The molecule has 0 saturated heterocycles. The van der Waals surface area contributed by atoms with Crippen LogP contribution in [0.3, 0.4) is 0 Å². The number of hydrogen-bond acceptors (Lipinski definition) is 4.